The number of nitrogens with zero attached hydrogens (tertiary/aromatic N) is 2. The zero-order valence-corrected chi connectivity index (χ0v) is 13.5. The van der Waals surface area contributed by atoms with Crippen LogP contribution in [0.2, 0.25) is 0 Å². The number of carbonyl (C=O) groups excluding carboxylic acids is 2. The Morgan fingerprint density at radius 1 is 1.44 bits per heavy atom. The minimum Gasteiger partial charge on any atom is -0.443 e. The summed E-state index contributed by atoms with van der Waals surface area (Å²) in [5, 5.41) is 2.58. The fraction of sp³-hybridized carbons (Fsp3) is 0.235. The van der Waals surface area contributed by atoms with E-state index in [1.54, 1.807) is 12.1 Å². The molecule has 3 N–H and O–H groups in total. The molecule has 7 nitrogen and oxygen atoms in total. The number of nitrogens with one attached hydrogen (secondary N) is 1. The Morgan fingerprint density at radius 2 is 2.24 bits per heavy atom. The highest BCUT2D eigenvalue weighted by Gasteiger charge is 2.32. The molecule has 1 aliphatic heterocycles. The van der Waals surface area contributed by atoms with Crippen LogP contribution in [0.4, 0.5) is 20.6 Å². The van der Waals surface area contributed by atoms with E-state index in [1.165, 1.54) is 23.2 Å². The standard InChI is InChI=1S/C17H17FN4O3/c1-10-2-3-11(8-20-10)21-16(23)14-5-4-12(6-15(14)18)22-9-13(7-19)25-17(22)24/h2-6,8,13H,7,9,19H2,1H3,(H,21,23)/t13-/m0/s1. The van der Waals surface area contributed by atoms with Gasteiger partial charge in [0.1, 0.15) is 11.9 Å². The van der Waals surface area contributed by atoms with Gasteiger partial charge < -0.3 is 15.8 Å². The molecule has 2 heterocycles. The monoisotopic (exact) mass is 344 g/mol. The van der Waals surface area contributed by atoms with Crippen LogP contribution in [0.15, 0.2) is 36.5 Å². The van der Waals surface area contributed by atoms with Crippen LogP contribution in [0.25, 0.3) is 0 Å². The fourth-order valence-corrected chi connectivity index (χ4v) is 2.45. The Morgan fingerprint density at radius 3 is 2.84 bits per heavy atom. The zero-order chi connectivity index (χ0) is 18.0. The summed E-state index contributed by atoms with van der Waals surface area (Å²) in [5.41, 5.74) is 6.93. The first-order chi connectivity index (χ1) is 12.0. The van der Waals surface area contributed by atoms with Crippen LogP contribution in [0, 0.1) is 12.7 Å². The Balaban J connectivity index is 1.76. The number of benzene rings is 1. The molecule has 1 aromatic heterocycles. The van der Waals surface area contributed by atoms with Crippen molar-refractivity contribution in [2.45, 2.75) is 13.0 Å². The van der Waals surface area contributed by atoms with E-state index in [2.05, 4.69) is 10.3 Å². The van der Waals surface area contributed by atoms with Gasteiger partial charge in [-0.25, -0.2) is 9.18 Å². The maximum Gasteiger partial charge on any atom is 0.414 e. The quantitative estimate of drug-likeness (QED) is 0.885. The fourth-order valence-electron chi connectivity index (χ4n) is 2.45. The number of pyridine rings is 1. The average Bonchev–Trinajstić information content (AvgIpc) is 2.97. The SMILES string of the molecule is Cc1ccc(NC(=O)c2ccc(N3C[C@H](CN)OC3=O)cc2F)cn1. The van der Waals surface area contributed by atoms with Gasteiger partial charge in [-0.2, -0.15) is 0 Å². The first-order valence-electron chi connectivity index (χ1n) is 7.69. The van der Waals surface area contributed by atoms with E-state index >= 15 is 0 Å². The van der Waals surface area contributed by atoms with Gasteiger partial charge in [0, 0.05) is 12.2 Å². The molecule has 1 atom stereocenters. The van der Waals surface area contributed by atoms with E-state index in [4.69, 9.17) is 10.5 Å². The topological polar surface area (TPSA) is 97.5 Å². The van der Waals surface area contributed by atoms with E-state index in [0.29, 0.717) is 11.4 Å². The minimum atomic E-state index is -0.737. The molecule has 25 heavy (non-hydrogen) atoms. The lowest BCUT2D eigenvalue weighted by Crippen LogP contribution is -2.27. The van der Waals surface area contributed by atoms with Gasteiger partial charge in [-0.3, -0.25) is 14.7 Å². The summed E-state index contributed by atoms with van der Waals surface area (Å²) in [6, 6.07) is 7.36. The normalized spacial score (nSPS) is 16.7. The maximum absolute atomic E-state index is 14.3. The number of halogens is 1. The molecule has 1 aliphatic rings. The van der Waals surface area contributed by atoms with Crippen molar-refractivity contribution in [2.75, 3.05) is 23.3 Å². The van der Waals surface area contributed by atoms with E-state index in [1.807, 2.05) is 6.92 Å². The number of amides is 2. The van der Waals surface area contributed by atoms with Crippen LogP contribution in [-0.4, -0.2) is 36.2 Å². The van der Waals surface area contributed by atoms with E-state index in [-0.39, 0.29) is 18.7 Å². The van der Waals surface area contributed by atoms with E-state index in [9.17, 15) is 14.0 Å². The molecule has 1 fully saturated rings. The van der Waals surface area contributed by atoms with Crippen molar-refractivity contribution >= 4 is 23.4 Å². The Labute approximate surface area is 143 Å². The molecule has 0 radical (unpaired) electrons. The van der Waals surface area contributed by atoms with Crippen molar-refractivity contribution in [2.24, 2.45) is 5.73 Å². The summed E-state index contributed by atoms with van der Waals surface area (Å²) in [4.78, 5) is 29.3. The second kappa shape index (κ2) is 6.86. The number of rotatable bonds is 4. The number of anilines is 2. The lowest BCUT2D eigenvalue weighted by atomic mass is 10.1. The predicted octanol–water partition coefficient (Wildman–Crippen LogP) is 2.07. The summed E-state index contributed by atoms with van der Waals surface area (Å²) < 4.78 is 19.4. The third kappa shape index (κ3) is 3.58. The number of ether oxygens (including phenoxy) is 1. The Bertz CT molecular complexity index is 810. The van der Waals surface area contributed by atoms with Crippen molar-refractivity contribution in [3.63, 3.8) is 0 Å². The second-order valence-electron chi connectivity index (χ2n) is 5.66. The summed E-state index contributed by atoms with van der Waals surface area (Å²) in [5.74, 6) is -1.34. The molecule has 2 amide bonds. The van der Waals surface area contributed by atoms with Crippen LogP contribution in [0.5, 0.6) is 0 Å². The Hall–Kier alpha value is -3.00. The molecule has 0 aliphatic carbocycles. The number of hydrogen-bond acceptors (Lipinski definition) is 5. The highest BCUT2D eigenvalue weighted by molar-refractivity contribution is 6.04. The van der Waals surface area contributed by atoms with Crippen LogP contribution < -0.4 is 16.0 Å². The van der Waals surface area contributed by atoms with Gasteiger partial charge in [0.15, 0.2) is 0 Å². The molecule has 130 valence electrons. The second-order valence-corrected chi connectivity index (χ2v) is 5.66. The number of hydrogen-bond donors (Lipinski definition) is 2. The first-order valence-corrected chi connectivity index (χ1v) is 7.69. The van der Waals surface area contributed by atoms with Gasteiger partial charge in [-0.1, -0.05) is 0 Å². The van der Waals surface area contributed by atoms with Crippen LogP contribution >= 0.6 is 0 Å². The number of carbonyl (C=O) groups is 2. The van der Waals surface area contributed by atoms with Gasteiger partial charge >= 0.3 is 6.09 Å². The Kier molecular flexibility index (Phi) is 4.62. The first kappa shape index (κ1) is 16.8. The van der Waals surface area contributed by atoms with Crippen molar-refractivity contribution in [3.05, 3.63) is 53.6 Å². The molecule has 3 rings (SSSR count). The predicted molar refractivity (Wildman–Crippen MR) is 90.0 cm³/mol. The molecule has 0 bridgehead atoms. The molecule has 1 aromatic carbocycles. The smallest absolute Gasteiger partial charge is 0.414 e. The molecule has 0 saturated carbocycles. The number of aromatic nitrogens is 1. The van der Waals surface area contributed by atoms with E-state index < -0.39 is 23.9 Å². The summed E-state index contributed by atoms with van der Waals surface area (Å²) in [7, 11) is 0. The highest BCUT2D eigenvalue weighted by atomic mass is 19.1. The number of aryl methyl sites for hydroxylation is 1. The summed E-state index contributed by atoms with van der Waals surface area (Å²) in [6.45, 7) is 2.26. The lowest BCUT2D eigenvalue weighted by Gasteiger charge is -2.14. The minimum absolute atomic E-state index is 0.132. The van der Waals surface area contributed by atoms with Gasteiger partial charge in [0.2, 0.25) is 0 Å². The molecular formula is C17H17FN4O3. The van der Waals surface area contributed by atoms with Gasteiger partial charge in [-0.15, -0.1) is 0 Å². The largest absolute Gasteiger partial charge is 0.443 e. The van der Waals surface area contributed by atoms with Gasteiger partial charge in [0.05, 0.1) is 29.7 Å². The average molecular weight is 344 g/mol. The third-order valence-electron chi connectivity index (χ3n) is 3.82. The summed E-state index contributed by atoms with van der Waals surface area (Å²) in [6.07, 6.45) is 0.484. The molecule has 1 saturated heterocycles. The van der Waals surface area contributed by atoms with Crippen molar-refractivity contribution in [3.8, 4) is 0 Å². The van der Waals surface area contributed by atoms with Crippen LogP contribution in [0.1, 0.15) is 16.1 Å². The van der Waals surface area contributed by atoms with Gasteiger partial charge in [-0.05, 0) is 37.3 Å². The van der Waals surface area contributed by atoms with Crippen LogP contribution in [0.3, 0.4) is 0 Å². The zero-order valence-electron chi connectivity index (χ0n) is 13.5. The molecule has 2 aromatic rings. The molecule has 8 heteroatoms. The molecule has 0 spiro atoms. The van der Waals surface area contributed by atoms with Crippen LogP contribution in [-0.2, 0) is 4.74 Å². The van der Waals surface area contributed by atoms with E-state index in [0.717, 1.165) is 11.8 Å². The number of cyclic esters (lactones) is 1. The lowest BCUT2D eigenvalue weighted by molar-refractivity contribution is 0.102. The van der Waals surface area contributed by atoms with Crippen molar-refractivity contribution in [1.82, 2.24) is 4.98 Å². The van der Waals surface area contributed by atoms with Crippen molar-refractivity contribution < 1.29 is 18.7 Å². The highest BCUT2D eigenvalue weighted by Crippen LogP contribution is 2.24. The maximum atomic E-state index is 14.3. The van der Waals surface area contributed by atoms with Gasteiger partial charge in [0.25, 0.3) is 5.91 Å². The number of nitrogens with two attached hydrogens (primary N) is 1. The third-order valence-corrected chi connectivity index (χ3v) is 3.82. The van der Waals surface area contributed by atoms with Crippen molar-refractivity contribution in [1.29, 1.82) is 0 Å². The summed E-state index contributed by atoms with van der Waals surface area (Å²) >= 11 is 0. The molecular weight excluding hydrogens is 327 g/mol. The molecule has 0 unspecified atom stereocenters.